The highest BCUT2D eigenvalue weighted by molar-refractivity contribution is 5.56. The van der Waals surface area contributed by atoms with Crippen molar-refractivity contribution in [2.24, 2.45) is 0 Å². The number of pyridine rings is 1. The van der Waals surface area contributed by atoms with Gasteiger partial charge >= 0.3 is 0 Å². The fourth-order valence-electron chi connectivity index (χ4n) is 1.27. The van der Waals surface area contributed by atoms with Crippen LogP contribution in [0.25, 0.3) is 11.3 Å². The number of nitrogens with zero attached hydrogens (tertiary/aromatic N) is 2. The van der Waals surface area contributed by atoms with Gasteiger partial charge in [-0.1, -0.05) is 6.08 Å². The smallest absolute Gasteiger partial charge is 0.110 e. The van der Waals surface area contributed by atoms with Gasteiger partial charge in [0.25, 0.3) is 0 Å². The lowest BCUT2D eigenvalue weighted by Crippen LogP contribution is -1.83. The van der Waals surface area contributed by atoms with E-state index in [4.69, 9.17) is 0 Å². The van der Waals surface area contributed by atoms with Gasteiger partial charge < -0.3 is 4.98 Å². The molecular formula is C11H11N3. The van der Waals surface area contributed by atoms with E-state index in [9.17, 15) is 0 Å². The molecule has 1 N–H and O–H groups in total. The molecule has 0 saturated heterocycles. The number of aromatic nitrogens is 3. The van der Waals surface area contributed by atoms with Crippen LogP contribution >= 0.6 is 0 Å². The molecule has 0 bridgehead atoms. The molecule has 2 aromatic heterocycles. The molecule has 0 aliphatic heterocycles. The topological polar surface area (TPSA) is 41.6 Å². The van der Waals surface area contributed by atoms with Crippen LogP contribution in [0.4, 0.5) is 0 Å². The summed E-state index contributed by atoms with van der Waals surface area (Å²) in [6.07, 6.45) is 8.02. The zero-order valence-electron chi connectivity index (χ0n) is 7.77. The Morgan fingerprint density at radius 1 is 1.50 bits per heavy atom. The largest absolute Gasteiger partial charge is 0.348 e. The van der Waals surface area contributed by atoms with Crippen LogP contribution in [0.2, 0.25) is 0 Å². The highest BCUT2D eigenvalue weighted by atomic mass is 14.9. The average molecular weight is 185 g/mol. The van der Waals surface area contributed by atoms with Gasteiger partial charge in [-0.25, -0.2) is 4.98 Å². The number of allylic oxidation sites excluding steroid dienone is 1. The molecule has 70 valence electrons. The van der Waals surface area contributed by atoms with Crippen molar-refractivity contribution in [1.82, 2.24) is 15.0 Å². The lowest BCUT2D eigenvalue weighted by atomic mass is 10.2. The molecule has 2 heterocycles. The first kappa shape index (κ1) is 8.69. The molecule has 2 aromatic rings. The van der Waals surface area contributed by atoms with Crippen molar-refractivity contribution in [3.05, 3.63) is 49.2 Å². The van der Waals surface area contributed by atoms with Crippen LogP contribution in [-0.4, -0.2) is 15.0 Å². The second kappa shape index (κ2) is 3.87. The Bertz CT molecular complexity index is 417. The highest BCUT2D eigenvalue weighted by Crippen LogP contribution is 2.14. The fraction of sp³-hybridized carbons (Fsp3) is 0.0909. The van der Waals surface area contributed by atoms with Crippen molar-refractivity contribution < 1.29 is 0 Å². The first-order valence-electron chi connectivity index (χ1n) is 4.46. The number of hydrogen-bond donors (Lipinski definition) is 1. The Morgan fingerprint density at radius 3 is 3.14 bits per heavy atom. The minimum absolute atomic E-state index is 0.764. The third-order valence-electron chi connectivity index (χ3n) is 1.93. The van der Waals surface area contributed by atoms with Gasteiger partial charge in [-0.3, -0.25) is 4.98 Å². The maximum absolute atomic E-state index is 4.40. The summed E-state index contributed by atoms with van der Waals surface area (Å²) in [5.74, 6) is 0.929. The average Bonchev–Trinajstić information content (AvgIpc) is 2.68. The SMILES string of the molecule is C=CCc1nc(-c2cccnc2)c[nH]1. The third-order valence-corrected chi connectivity index (χ3v) is 1.93. The molecule has 2 rings (SSSR count). The van der Waals surface area contributed by atoms with Gasteiger partial charge in [-0.15, -0.1) is 6.58 Å². The number of nitrogens with one attached hydrogen (secondary N) is 1. The summed E-state index contributed by atoms with van der Waals surface area (Å²) in [5, 5.41) is 0. The van der Waals surface area contributed by atoms with Crippen LogP contribution in [0.1, 0.15) is 5.82 Å². The number of imidazole rings is 1. The van der Waals surface area contributed by atoms with E-state index in [0.29, 0.717) is 0 Å². The van der Waals surface area contributed by atoms with Crippen molar-refractivity contribution in [3.8, 4) is 11.3 Å². The van der Waals surface area contributed by atoms with Crippen molar-refractivity contribution in [2.45, 2.75) is 6.42 Å². The van der Waals surface area contributed by atoms with Gasteiger partial charge in [-0.2, -0.15) is 0 Å². The Hall–Kier alpha value is -1.90. The molecule has 0 unspecified atom stereocenters. The molecule has 0 amide bonds. The Balaban J connectivity index is 2.29. The van der Waals surface area contributed by atoms with E-state index in [0.717, 1.165) is 23.5 Å². The molecule has 0 spiro atoms. The standard InChI is InChI=1S/C11H11N3/c1-2-4-11-13-8-10(14-11)9-5-3-6-12-7-9/h2-3,5-8H,1,4H2,(H,13,14). The number of aromatic amines is 1. The quantitative estimate of drug-likeness (QED) is 0.745. The second-order valence-electron chi connectivity index (χ2n) is 2.97. The summed E-state index contributed by atoms with van der Waals surface area (Å²) in [6, 6.07) is 3.89. The molecule has 0 aliphatic carbocycles. The predicted octanol–water partition coefficient (Wildman–Crippen LogP) is 2.20. The third kappa shape index (κ3) is 1.71. The Labute approximate surface area is 82.5 Å². The molecule has 0 aromatic carbocycles. The molecular weight excluding hydrogens is 174 g/mol. The van der Waals surface area contributed by atoms with Gasteiger partial charge in [0.1, 0.15) is 5.82 Å². The fourth-order valence-corrected chi connectivity index (χ4v) is 1.27. The van der Waals surface area contributed by atoms with Crippen molar-refractivity contribution in [2.75, 3.05) is 0 Å². The van der Waals surface area contributed by atoms with Crippen molar-refractivity contribution in [3.63, 3.8) is 0 Å². The molecule has 0 atom stereocenters. The van der Waals surface area contributed by atoms with E-state index in [1.54, 1.807) is 12.4 Å². The summed E-state index contributed by atoms with van der Waals surface area (Å²) in [5.41, 5.74) is 1.95. The Kier molecular flexibility index (Phi) is 2.40. The van der Waals surface area contributed by atoms with Crippen LogP contribution in [0, 0.1) is 0 Å². The zero-order chi connectivity index (χ0) is 9.80. The normalized spacial score (nSPS) is 10.0. The van der Waals surface area contributed by atoms with Crippen LogP contribution in [0.3, 0.4) is 0 Å². The van der Waals surface area contributed by atoms with E-state index in [-0.39, 0.29) is 0 Å². The van der Waals surface area contributed by atoms with E-state index < -0.39 is 0 Å². The molecule has 0 radical (unpaired) electrons. The molecule has 14 heavy (non-hydrogen) atoms. The molecule has 0 fully saturated rings. The van der Waals surface area contributed by atoms with Gasteiger partial charge in [-0.05, 0) is 12.1 Å². The van der Waals surface area contributed by atoms with E-state index in [2.05, 4.69) is 21.5 Å². The number of hydrogen-bond acceptors (Lipinski definition) is 2. The van der Waals surface area contributed by atoms with Gasteiger partial charge in [0, 0.05) is 30.6 Å². The van der Waals surface area contributed by atoms with E-state index >= 15 is 0 Å². The number of rotatable bonds is 3. The molecule has 3 heteroatoms. The maximum atomic E-state index is 4.40. The summed E-state index contributed by atoms with van der Waals surface area (Å²) in [4.78, 5) is 11.5. The molecule has 0 saturated carbocycles. The van der Waals surface area contributed by atoms with Gasteiger partial charge in [0.15, 0.2) is 0 Å². The van der Waals surface area contributed by atoms with Crippen molar-refractivity contribution >= 4 is 0 Å². The van der Waals surface area contributed by atoms with E-state index in [1.165, 1.54) is 0 Å². The summed E-state index contributed by atoms with van der Waals surface area (Å²) < 4.78 is 0. The summed E-state index contributed by atoms with van der Waals surface area (Å²) >= 11 is 0. The lowest BCUT2D eigenvalue weighted by Gasteiger charge is -1.92. The maximum Gasteiger partial charge on any atom is 0.110 e. The second-order valence-corrected chi connectivity index (χ2v) is 2.97. The first-order chi connectivity index (χ1) is 6.90. The van der Waals surface area contributed by atoms with Crippen LogP contribution in [-0.2, 0) is 6.42 Å². The summed E-state index contributed by atoms with van der Waals surface area (Å²) in [6.45, 7) is 3.67. The number of H-pyrrole nitrogens is 1. The van der Waals surface area contributed by atoms with Crippen LogP contribution < -0.4 is 0 Å². The predicted molar refractivity (Wildman–Crippen MR) is 55.7 cm³/mol. The van der Waals surface area contributed by atoms with Crippen molar-refractivity contribution in [1.29, 1.82) is 0 Å². The molecule has 0 aliphatic rings. The Morgan fingerprint density at radius 2 is 2.43 bits per heavy atom. The first-order valence-corrected chi connectivity index (χ1v) is 4.46. The van der Waals surface area contributed by atoms with E-state index in [1.807, 2.05) is 24.4 Å². The highest BCUT2D eigenvalue weighted by Gasteiger charge is 2.01. The monoisotopic (exact) mass is 185 g/mol. The molecule has 3 nitrogen and oxygen atoms in total. The van der Waals surface area contributed by atoms with Crippen LogP contribution in [0.15, 0.2) is 43.4 Å². The minimum Gasteiger partial charge on any atom is -0.348 e. The zero-order valence-corrected chi connectivity index (χ0v) is 7.77. The van der Waals surface area contributed by atoms with Gasteiger partial charge in [0.05, 0.1) is 5.69 Å². The lowest BCUT2D eigenvalue weighted by molar-refractivity contribution is 1.06. The minimum atomic E-state index is 0.764. The summed E-state index contributed by atoms with van der Waals surface area (Å²) in [7, 11) is 0. The van der Waals surface area contributed by atoms with Crippen LogP contribution in [0.5, 0.6) is 0 Å². The van der Waals surface area contributed by atoms with Gasteiger partial charge in [0.2, 0.25) is 0 Å².